The largest absolute Gasteiger partial charge is 0.479 e. The maximum atomic E-state index is 16.1. The Morgan fingerprint density at radius 1 is 1.31 bits per heavy atom. The van der Waals surface area contributed by atoms with Gasteiger partial charge in [-0.3, -0.25) is 5.10 Å². The Bertz CT molecular complexity index is 1470. The standard InChI is InChI=1S/C26H24F2N4O3/c1-26(2,9-10-29)24-20(14-3-8-19(25(33)34)35-13-14)21-18(11-15-12-30-31-23(15)22(21)28)32(24)17-6-4-16(27)5-7-17/h4-7,11-12,14,19H,3,8-9,13H2,1-2H3,(H,30,31)(H,33,34)/t14-,19+/m1/s1. The van der Waals surface area contributed by atoms with Gasteiger partial charge in [-0.15, -0.1) is 0 Å². The molecule has 1 aliphatic heterocycles. The molecule has 2 aromatic heterocycles. The van der Waals surface area contributed by atoms with E-state index in [-0.39, 0.29) is 30.9 Å². The van der Waals surface area contributed by atoms with Crippen molar-refractivity contribution in [3.8, 4) is 11.8 Å². The summed E-state index contributed by atoms with van der Waals surface area (Å²) in [4.78, 5) is 11.4. The summed E-state index contributed by atoms with van der Waals surface area (Å²) in [5, 5.41) is 26.7. The van der Waals surface area contributed by atoms with Crippen LogP contribution in [0.25, 0.3) is 27.5 Å². The third-order valence-corrected chi connectivity index (χ3v) is 6.85. The van der Waals surface area contributed by atoms with E-state index >= 15 is 4.39 Å². The third kappa shape index (κ3) is 3.74. The molecule has 0 radical (unpaired) electrons. The van der Waals surface area contributed by atoms with Crippen molar-refractivity contribution >= 4 is 27.8 Å². The molecule has 180 valence electrons. The molecule has 0 amide bonds. The minimum atomic E-state index is -1.02. The third-order valence-electron chi connectivity index (χ3n) is 6.85. The fourth-order valence-electron chi connectivity index (χ4n) is 5.21. The van der Waals surface area contributed by atoms with Gasteiger partial charge in [0.05, 0.1) is 24.4 Å². The molecule has 0 unspecified atom stereocenters. The fourth-order valence-corrected chi connectivity index (χ4v) is 5.21. The maximum absolute atomic E-state index is 16.1. The number of nitriles is 1. The van der Waals surface area contributed by atoms with Gasteiger partial charge in [0.15, 0.2) is 11.9 Å². The van der Waals surface area contributed by atoms with E-state index in [0.717, 1.165) is 5.69 Å². The van der Waals surface area contributed by atoms with Crippen molar-refractivity contribution in [3.05, 3.63) is 59.4 Å². The highest BCUT2D eigenvalue weighted by Gasteiger charge is 2.38. The second kappa shape index (κ2) is 8.47. The van der Waals surface area contributed by atoms with Crippen LogP contribution >= 0.6 is 0 Å². The lowest BCUT2D eigenvalue weighted by Gasteiger charge is -2.32. The number of fused-ring (bicyclic) bond motifs is 2. The molecular weight excluding hydrogens is 454 g/mol. The SMILES string of the molecule is CC(C)(CC#N)c1c([C@@H]2CC[C@@H](C(=O)O)OC2)c2c(F)c3[nH]ncc3cc2n1-c1ccc(F)cc1. The van der Waals surface area contributed by atoms with E-state index in [1.807, 2.05) is 24.5 Å². The molecule has 0 saturated carbocycles. The lowest BCUT2D eigenvalue weighted by molar-refractivity contribution is -0.153. The van der Waals surface area contributed by atoms with E-state index in [9.17, 15) is 19.6 Å². The average Bonchev–Trinajstić information content (AvgIpc) is 3.43. The predicted octanol–water partition coefficient (Wildman–Crippen LogP) is 5.32. The van der Waals surface area contributed by atoms with Crippen LogP contribution in [0.2, 0.25) is 0 Å². The smallest absolute Gasteiger partial charge is 0.332 e. The molecule has 9 heteroatoms. The second-order valence-electron chi connectivity index (χ2n) is 9.65. The minimum Gasteiger partial charge on any atom is -0.479 e. The van der Waals surface area contributed by atoms with Crippen LogP contribution in [-0.4, -0.2) is 38.6 Å². The van der Waals surface area contributed by atoms with Gasteiger partial charge in [-0.2, -0.15) is 10.4 Å². The maximum Gasteiger partial charge on any atom is 0.332 e. The number of hydrogen-bond acceptors (Lipinski definition) is 4. The van der Waals surface area contributed by atoms with Gasteiger partial charge in [-0.05, 0) is 48.7 Å². The molecule has 1 aliphatic rings. The van der Waals surface area contributed by atoms with Gasteiger partial charge >= 0.3 is 5.97 Å². The van der Waals surface area contributed by atoms with Crippen molar-refractivity contribution in [2.45, 2.75) is 50.5 Å². The number of rotatable bonds is 5. The van der Waals surface area contributed by atoms with Crippen molar-refractivity contribution in [2.75, 3.05) is 6.61 Å². The Kier molecular flexibility index (Phi) is 5.56. The van der Waals surface area contributed by atoms with Crippen LogP contribution in [0, 0.1) is 23.0 Å². The van der Waals surface area contributed by atoms with Crippen LogP contribution in [0.4, 0.5) is 8.78 Å². The van der Waals surface area contributed by atoms with Gasteiger partial charge in [0, 0.05) is 39.9 Å². The average molecular weight is 478 g/mol. The van der Waals surface area contributed by atoms with E-state index in [1.165, 1.54) is 12.1 Å². The number of carbonyl (C=O) groups is 1. The van der Waals surface area contributed by atoms with Crippen molar-refractivity contribution < 1.29 is 23.4 Å². The van der Waals surface area contributed by atoms with Gasteiger partial charge in [-0.1, -0.05) is 13.8 Å². The highest BCUT2D eigenvalue weighted by Crippen LogP contribution is 2.46. The molecule has 0 spiro atoms. The molecule has 4 aromatic rings. The summed E-state index contributed by atoms with van der Waals surface area (Å²) in [6, 6.07) is 10.0. The summed E-state index contributed by atoms with van der Waals surface area (Å²) in [5.41, 5.74) is 2.16. The fraction of sp³-hybridized carbons (Fsp3) is 0.346. The Morgan fingerprint density at radius 2 is 2.06 bits per heavy atom. The van der Waals surface area contributed by atoms with Crippen LogP contribution in [0.15, 0.2) is 36.5 Å². The minimum absolute atomic E-state index is 0.107. The lowest BCUT2D eigenvalue weighted by atomic mass is 9.78. The number of carboxylic acids is 1. The Hall–Kier alpha value is -3.77. The Morgan fingerprint density at radius 3 is 2.69 bits per heavy atom. The quantitative estimate of drug-likeness (QED) is 0.404. The van der Waals surface area contributed by atoms with Gasteiger partial charge in [0.25, 0.3) is 0 Å². The van der Waals surface area contributed by atoms with E-state index in [4.69, 9.17) is 4.74 Å². The van der Waals surface area contributed by atoms with E-state index in [2.05, 4.69) is 16.3 Å². The van der Waals surface area contributed by atoms with Crippen molar-refractivity contribution in [3.63, 3.8) is 0 Å². The number of benzene rings is 2. The zero-order valence-electron chi connectivity index (χ0n) is 19.3. The van der Waals surface area contributed by atoms with Crippen LogP contribution < -0.4 is 0 Å². The monoisotopic (exact) mass is 478 g/mol. The van der Waals surface area contributed by atoms with Crippen molar-refractivity contribution in [1.82, 2.24) is 14.8 Å². The molecule has 2 aromatic carbocycles. The van der Waals surface area contributed by atoms with Crippen molar-refractivity contribution in [1.29, 1.82) is 5.26 Å². The summed E-state index contributed by atoms with van der Waals surface area (Å²) < 4.78 is 37.5. The molecule has 5 rings (SSSR count). The summed E-state index contributed by atoms with van der Waals surface area (Å²) in [7, 11) is 0. The lowest BCUT2D eigenvalue weighted by Crippen LogP contribution is -2.32. The number of nitrogens with one attached hydrogen (secondary N) is 1. The molecule has 35 heavy (non-hydrogen) atoms. The van der Waals surface area contributed by atoms with E-state index < -0.39 is 29.1 Å². The van der Waals surface area contributed by atoms with Crippen molar-refractivity contribution in [2.24, 2.45) is 0 Å². The van der Waals surface area contributed by atoms with Crippen LogP contribution in [-0.2, 0) is 14.9 Å². The highest BCUT2D eigenvalue weighted by molar-refractivity contribution is 6.00. The number of carboxylic acid groups (broad SMARTS) is 1. The highest BCUT2D eigenvalue weighted by atomic mass is 19.1. The molecule has 0 aliphatic carbocycles. The Balaban J connectivity index is 1.87. The number of halogens is 2. The molecule has 2 N–H and O–H groups in total. The van der Waals surface area contributed by atoms with Crippen LogP contribution in [0.1, 0.15) is 50.3 Å². The number of aromatic amines is 1. The Labute approximate surface area is 199 Å². The van der Waals surface area contributed by atoms with Gasteiger partial charge in [0.1, 0.15) is 11.3 Å². The number of aliphatic carboxylic acids is 1. The number of hydrogen-bond donors (Lipinski definition) is 2. The van der Waals surface area contributed by atoms with Gasteiger partial charge in [-0.25, -0.2) is 13.6 Å². The molecule has 2 atom stereocenters. The molecule has 1 fully saturated rings. The number of aromatic nitrogens is 3. The predicted molar refractivity (Wildman–Crippen MR) is 125 cm³/mol. The summed E-state index contributed by atoms with van der Waals surface area (Å²) in [6.45, 7) is 3.95. The second-order valence-corrected chi connectivity index (χ2v) is 9.65. The van der Waals surface area contributed by atoms with Crippen LogP contribution in [0.3, 0.4) is 0 Å². The number of ether oxygens (including phenoxy) is 1. The zero-order chi connectivity index (χ0) is 24.9. The molecule has 3 heterocycles. The topological polar surface area (TPSA) is 104 Å². The molecule has 0 bridgehead atoms. The van der Waals surface area contributed by atoms with E-state index in [1.54, 1.807) is 18.3 Å². The molecule has 7 nitrogen and oxygen atoms in total. The first kappa shape index (κ1) is 23.0. The zero-order valence-corrected chi connectivity index (χ0v) is 19.3. The first-order chi connectivity index (χ1) is 16.7. The summed E-state index contributed by atoms with van der Waals surface area (Å²) in [6.07, 6.45) is 1.56. The van der Waals surface area contributed by atoms with E-state index in [0.29, 0.717) is 34.0 Å². The first-order valence-corrected chi connectivity index (χ1v) is 11.4. The number of nitrogens with zero attached hydrogens (tertiary/aromatic N) is 3. The molecular formula is C26H24F2N4O3. The normalized spacial score (nSPS) is 18.7. The van der Waals surface area contributed by atoms with Crippen LogP contribution in [0.5, 0.6) is 0 Å². The number of H-pyrrole nitrogens is 1. The van der Waals surface area contributed by atoms with Gasteiger partial charge in [0.2, 0.25) is 0 Å². The van der Waals surface area contributed by atoms with Gasteiger partial charge < -0.3 is 14.4 Å². The first-order valence-electron chi connectivity index (χ1n) is 11.4. The molecule has 1 saturated heterocycles. The summed E-state index contributed by atoms with van der Waals surface area (Å²) >= 11 is 0. The summed E-state index contributed by atoms with van der Waals surface area (Å²) in [5.74, 6) is -2.18.